The van der Waals surface area contributed by atoms with Crippen LogP contribution in [0, 0.1) is 17.8 Å². The van der Waals surface area contributed by atoms with E-state index in [-0.39, 0.29) is 6.03 Å². The largest absolute Gasteiger partial charge is 0.338 e. The highest BCUT2D eigenvalue weighted by atomic mass is 16.2. The second-order valence-electron chi connectivity index (χ2n) is 7.92. The van der Waals surface area contributed by atoms with Crippen LogP contribution in [0.5, 0.6) is 0 Å². The maximum atomic E-state index is 12.4. The highest BCUT2D eigenvalue weighted by Gasteiger charge is 2.38. The Balaban J connectivity index is 1.19. The molecule has 0 bridgehead atoms. The molecular weight excluding hydrogens is 298 g/mol. The molecule has 2 heterocycles. The van der Waals surface area contributed by atoms with Crippen LogP contribution in [0.25, 0.3) is 0 Å². The fourth-order valence-electron chi connectivity index (χ4n) is 4.81. The molecule has 1 aliphatic carbocycles. The molecule has 1 N–H and O–H groups in total. The van der Waals surface area contributed by atoms with Crippen LogP contribution >= 0.6 is 0 Å². The molecule has 0 radical (unpaired) electrons. The van der Waals surface area contributed by atoms with Gasteiger partial charge in [0.25, 0.3) is 0 Å². The molecule has 130 valence electrons. The molecule has 4 nitrogen and oxygen atoms in total. The number of hydrogen-bond donors (Lipinski definition) is 1. The molecule has 0 unspecified atom stereocenters. The first-order chi connectivity index (χ1) is 11.8. The van der Waals surface area contributed by atoms with Crippen LogP contribution in [0.15, 0.2) is 30.3 Å². The van der Waals surface area contributed by atoms with Gasteiger partial charge in [0.05, 0.1) is 0 Å². The molecule has 2 saturated heterocycles. The average molecular weight is 327 g/mol. The Bertz CT molecular complexity index is 549. The summed E-state index contributed by atoms with van der Waals surface area (Å²) in [4.78, 5) is 17.0. The van der Waals surface area contributed by atoms with Crippen molar-refractivity contribution in [2.75, 3.05) is 32.7 Å². The summed E-state index contributed by atoms with van der Waals surface area (Å²) in [6.45, 7) is 6.07. The third-order valence-electron chi connectivity index (χ3n) is 6.17. The van der Waals surface area contributed by atoms with Gasteiger partial charge in [-0.05, 0) is 49.1 Å². The van der Waals surface area contributed by atoms with Crippen molar-refractivity contribution in [3.8, 4) is 0 Å². The average Bonchev–Trinajstić information content (AvgIpc) is 3.29. The number of hydrogen-bond acceptors (Lipinski definition) is 2. The third kappa shape index (κ3) is 3.59. The Morgan fingerprint density at radius 3 is 2.54 bits per heavy atom. The predicted octanol–water partition coefficient (Wildman–Crippen LogP) is 2.95. The van der Waals surface area contributed by atoms with Crippen molar-refractivity contribution in [3.63, 3.8) is 0 Å². The second-order valence-corrected chi connectivity index (χ2v) is 7.92. The molecule has 3 atom stereocenters. The standard InChI is InChI=1S/C20H29N3O/c24-20(23-14-18-7-4-8-19(18)15-23)21-11-17-9-10-22(13-17)12-16-5-2-1-3-6-16/h1-3,5-6,17-19H,4,7-15H2,(H,21,24)/t17-,18-,19+/m1/s1. The van der Waals surface area contributed by atoms with Crippen LogP contribution in [-0.4, -0.2) is 48.6 Å². The van der Waals surface area contributed by atoms with Gasteiger partial charge < -0.3 is 10.2 Å². The minimum absolute atomic E-state index is 0.172. The number of fused-ring (bicyclic) bond motifs is 1. The number of carbonyl (C=O) groups excluding carboxylic acids is 1. The van der Waals surface area contributed by atoms with Crippen molar-refractivity contribution in [2.24, 2.45) is 17.8 Å². The summed E-state index contributed by atoms with van der Waals surface area (Å²) in [5, 5.41) is 3.20. The van der Waals surface area contributed by atoms with E-state index in [1.54, 1.807) is 0 Å². The zero-order valence-electron chi connectivity index (χ0n) is 14.5. The molecule has 0 spiro atoms. The Morgan fingerprint density at radius 2 is 1.79 bits per heavy atom. The summed E-state index contributed by atoms with van der Waals surface area (Å²) in [5.74, 6) is 2.16. The molecule has 0 aromatic heterocycles. The van der Waals surface area contributed by atoms with Crippen LogP contribution in [0.3, 0.4) is 0 Å². The number of carbonyl (C=O) groups is 1. The molecule has 3 aliphatic rings. The van der Waals surface area contributed by atoms with E-state index in [1.807, 2.05) is 0 Å². The number of rotatable bonds is 4. The summed E-state index contributed by atoms with van der Waals surface area (Å²) >= 11 is 0. The van der Waals surface area contributed by atoms with Gasteiger partial charge in [0, 0.05) is 32.7 Å². The predicted molar refractivity (Wildman–Crippen MR) is 95.6 cm³/mol. The van der Waals surface area contributed by atoms with E-state index in [0.717, 1.165) is 51.1 Å². The van der Waals surface area contributed by atoms with E-state index < -0.39 is 0 Å². The Kier molecular flexibility index (Phi) is 4.74. The van der Waals surface area contributed by atoms with Gasteiger partial charge in [-0.15, -0.1) is 0 Å². The van der Waals surface area contributed by atoms with Crippen molar-refractivity contribution < 1.29 is 4.79 Å². The molecule has 4 heteroatoms. The highest BCUT2D eigenvalue weighted by molar-refractivity contribution is 5.74. The fraction of sp³-hybridized carbons (Fsp3) is 0.650. The molecular formula is C20H29N3O. The lowest BCUT2D eigenvalue weighted by Crippen LogP contribution is -2.41. The number of amides is 2. The van der Waals surface area contributed by atoms with E-state index >= 15 is 0 Å². The van der Waals surface area contributed by atoms with Crippen LogP contribution in [-0.2, 0) is 6.54 Å². The summed E-state index contributed by atoms with van der Waals surface area (Å²) in [7, 11) is 0. The summed E-state index contributed by atoms with van der Waals surface area (Å²) in [5.41, 5.74) is 1.38. The number of benzene rings is 1. The SMILES string of the molecule is O=C(NC[C@H]1CCN(Cc2ccccc2)C1)N1C[C@H]2CCC[C@H]2C1. The van der Waals surface area contributed by atoms with Crippen LogP contribution in [0.2, 0.25) is 0 Å². The second kappa shape index (κ2) is 7.14. The number of nitrogens with zero attached hydrogens (tertiary/aromatic N) is 2. The summed E-state index contributed by atoms with van der Waals surface area (Å²) in [6, 6.07) is 10.8. The summed E-state index contributed by atoms with van der Waals surface area (Å²) in [6.07, 6.45) is 5.21. The van der Waals surface area contributed by atoms with Crippen molar-refractivity contribution in [2.45, 2.75) is 32.2 Å². The quantitative estimate of drug-likeness (QED) is 0.923. The molecule has 2 amide bonds. The number of likely N-dealkylation sites (tertiary alicyclic amines) is 2. The number of nitrogens with one attached hydrogen (secondary N) is 1. The molecule has 4 rings (SSSR count). The molecule has 1 aromatic rings. The lowest BCUT2D eigenvalue weighted by molar-refractivity contribution is 0.203. The maximum Gasteiger partial charge on any atom is 0.317 e. The lowest BCUT2D eigenvalue weighted by Gasteiger charge is -2.20. The number of urea groups is 1. The normalized spacial score (nSPS) is 29.8. The minimum atomic E-state index is 0.172. The Hall–Kier alpha value is -1.55. The van der Waals surface area contributed by atoms with Crippen molar-refractivity contribution in [1.29, 1.82) is 0 Å². The van der Waals surface area contributed by atoms with Crippen LogP contribution in [0.4, 0.5) is 4.79 Å². The van der Waals surface area contributed by atoms with Crippen LogP contribution < -0.4 is 5.32 Å². The summed E-state index contributed by atoms with van der Waals surface area (Å²) < 4.78 is 0. The fourth-order valence-corrected chi connectivity index (χ4v) is 4.81. The Morgan fingerprint density at radius 1 is 1.04 bits per heavy atom. The van der Waals surface area contributed by atoms with Gasteiger partial charge in [0.15, 0.2) is 0 Å². The van der Waals surface area contributed by atoms with Gasteiger partial charge >= 0.3 is 6.03 Å². The van der Waals surface area contributed by atoms with Gasteiger partial charge in [-0.2, -0.15) is 0 Å². The zero-order chi connectivity index (χ0) is 16.4. The van der Waals surface area contributed by atoms with Gasteiger partial charge in [-0.3, -0.25) is 4.90 Å². The smallest absolute Gasteiger partial charge is 0.317 e. The van der Waals surface area contributed by atoms with Crippen molar-refractivity contribution in [3.05, 3.63) is 35.9 Å². The minimum Gasteiger partial charge on any atom is -0.338 e. The first-order valence-corrected chi connectivity index (χ1v) is 9.57. The van der Waals surface area contributed by atoms with Gasteiger partial charge in [0.2, 0.25) is 0 Å². The first-order valence-electron chi connectivity index (χ1n) is 9.57. The molecule has 1 aromatic carbocycles. The molecule has 2 aliphatic heterocycles. The van der Waals surface area contributed by atoms with Gasteiger partial charge in [-0.1, -0.05) is 36.8 Å². The molecule has 1 saturated carbocycles. The van der Waals surface area contributed by atoms with Crippen molar-refractivity contribution in [1.82, 2.24) is 15.1 Å². The topological polar surface area (TPSA) is 35.6 Å². The highest BCUT2D eigenvalue weighted by Crippen LogP contribution is 2.37. The lowest BCUT2D eigenvalue weighted by atomic mass is 10.0. The maximum absolute atomic E-state index is 12.4. The third-order valence-corrected chi connectivity index (χ3v) is 6.17. The molecule has 24 heavy (non-hydrogen) atoms. The van der Waals surface area contributed by atoms with E-state index in [0.29, 0.717) is 5.92 Å². The van der Waals surface area contributed by atoms with E-state index in [4.69, 9.17) is 0 Å². The van der Waals surface area contributed by atoms with E-state index in [1.165, 1.54) is 31.2 Å². The van der Waals surface area contributed by atoms with E-state index in [9.17, 15) is 4.79 Å². The van der Waals surface area contributed by atoms with E-state index in [2.05, 4.69) is 45.4 Å². The van der Waals surface area contributed by atoms with Gasteiger partial charge in [0.1, 0.15) is 0 Å². The van der Waals surface area contributed by atoms with Crippen molar-refractivity contribution >= 4 is 6.03 Å². The molecule has 3 fully saturated rings. The van der Waals surface area contributed by atoms with Crippen LogP contribution in [0.1, 0.15) is 31.2 Å². The monoisotopic (exact) mass is 327 g/mol. The Labute approximate surface area is 145 Å². The zero-order valence-corrected chi connectivity index (χ0v) is 14.5. The van der Waals surface area contributed by atoms with Gasteiger partial charge in [-0.25, -0.2) is 4.79 Å². The first kappa shape index (κ1) is 15.9.